The summed E-state index contributed by atoms with van der Waals surface area (Å²) in [6.45, 7) is 2.70. The van der Waals surface area contributed by atoms with Gasteiger partial charge in [0, 0.05) is 35.9 Å². The molecule has 4 aromatic rings. The second kappa shape index (κ2) is 8.96. The highest BCUT2D eigenvalue weighted by molar-refractivity contribution is 5.91. The molecule has 5 rings (SSSR count). The van der Waals surface area contributed by atoms with E-state index in [-0.39, 0.29) is 11.4 Å². The summed E-state index contributed by atoms with van der Waals surface area (Å²) in [5, 5.41) is 8.24. The maximum atomic E-state index is 13.8. The number of halogens is 3. The lowest BCUT2D eigenvalue weighted by atomic mass is 10.0. The minimum Gasteiger partial charge on any atom is -0.361 e. The van der Waals surface area contributed by atoms with Gasteiger partial charge in [0.25, 0.3) is 5.56 Å². The van der Waals surface area contributed by atoms with E-state index in [1.165, 1.54) is 24.5 Å². The van der Waals surface area contributed by atoms with Crippen LogP contribution in [0, 0.1) is 5.92 Å². The lowest BCUT2D eigenvalue weighted by Gasteiger charge is -2.14. The van der Waals surface area contributed by atoms with Crippen molar-refractivity contribution in [3.63, 3.8) is 0 Å². The van der Waals surface area contributed by atoms with Crippen LogP contribution in [0.4, 0.5) is 19.0 Å². The molecule has 0 amide bonds. The summed E-state index contributed by atoms with van der Waals surface area (Å²) in [4.78, 5) is 18.2. The Labute approximate surface area is 205 Å². The molecule has 1 aliphatic carbocycles. The first-order chi connectivity index (χ1) is 17.1. The van der Waals surface area contributed by atoms with Crippen LogP contribution in [0.3, 0.4) is 0 Å². The summed E-state index contributed by atoms with van der Waals surface area (Å²) >= 11 is 0. The highest BCUT2D eigenvalue weighted by Gasteiger charge is 2.27. The molecule has 186 valence electrons. The molecule has 0 bridgehead atoms. The quantitative estimate of drug-likeness (QED) is 0.334. The van der Waals surface area contributed by atoms with E-state index in [1.54, 1.807) is 21.5 Å². The number of nitrogens with one attached hydrogen (secondary N) is 1. The van der Waals surface area contributed by atoms with Gasteiger partial charge in [-0.3, -0.25) is 14.0 Å². The number of allylic oxidation sites excluding steroid dienone is 4. The molecule has 1 aromatic carbocycles. The van der Waals surface area contributed by atoms with E-state index in [2.05, 4.69) is 22.3 Å². The van der Waals surface area contributed by atoms with E-state index in [9.17, 15) is 18.0 Å². The number of anilines is 1. The van der Waals surface area contributed by atoms with Crippen molar-refractivity contribution in [1.82, 2.24) is 19.3 Å². The van der Waals surface area contributed by atoms with Gasteiger partial charge in [-0.15, -0.1) is 0 Å². The fourth-order valence-electron chi connectivity index (χ4n) is 4.33. The molecule has 0 unspecified atom stereocenters. The molecule has 6 nitrogen and oxygen atoms in total. The predicted octanol–water partition coefficient (Wildman–Crippen LogP) is 6.01. The average Bonchev–Trinajstić information content (AvgIpc) is 3.61. The number of rotatable bonds is 6. The van der Waals surface area contributed by atoms with Crippen LogP contribution >= 0.6 is 0 Å². The Morgan fingerprint density at radius 2 is 1.89 bits per heavy atom. The molecule has 0 aliphatic heterocycles. The monoisotopic (exact) mass is 493 g/mol. The van der Waals surface area contributed by atoms with Crippen molar-refractivity contribution in [2.75, 3.05) is 11.9 Å². The highest BCUT2D eigenvalue weighted by atomic mass is 19.4. The first kappa shape index (κ1) is 23.8. The third kappa shape index (κ3) is 4.91. The van der Waals surface area contributed by atoms with Crippen LogP contribution in [0.1, 0.15) is 32.3 Å². The lowest BCUT2D eigenvalue weighted by molar-refractivity contribution is -0.115. The van der Waals surface area contributed by atoms with Gasteiger partial charge < -0.3 is 5.32 Å². The van der Waals surface area contributed by atoms with E-state index in [0.29, 0.717) is 33.6 Å². The molecule has 1 fully saturated rings. The van der Waals surface area contributed by atoms with Crippen LogP contribution in [0.25, 0.3) is 33.1 Å². The summed E-state index contributed by atoms with van der Waals surface area (Å²) in [6, 6.07) is 8.75. The van der Waals surface area contributed by atoms with Crippen LogP contribution in [0.5, 0.6) is 0 Å². The highest BCUT2D eigenvalue weighted by Crippen LogP contribution is 2.36. The number of nitrogens with zero attached hydrogens (tertiary/aromatic N) is 4. The number of hydrogen-bond donors (Lipinski definition) is 1. The maximum absolute atomic E-state index is 13.8. The smallest absolute Gasteiger partial charge is 0.361 e. The summed E-state index contributed by atoms with van der Waals surface area (Å²) in [6.07, 6.45) is 5.43. The van der Waals surface area contributed by atoms with E-state index >= 15 is 0 Å². The molecule has 1 saturated carbocycles. The number of fused-ring (bicyclic) bond motifs is 2. The fraction of sp³-hybridized carbons (Fsp3) is 0.296. The van der Waals surface area contributed by atoms with Crippen LogP contribution in [0.15, 0.2) is 65.2 Å². The Morgan fingerprint density at radius 1 is 1.11 bits per heavy atom. The van der Waals surface area contributed by atoms with Crippen LogP contribution < -0.4 is 10.9 Å². The van der Waals surface area contributed by atoms with Gasteiger partial charge in [-0.25, -0.2) is 4.98 Å². The van der Waals surface area contributed by atoms with Gasteiger partial charge in [0.2, 0.25) is 0 Å². The summed E-state index contributed by atoms with van der Waals surface area (Å²) in [5.41, 5.74) is 3.85. The van der Waals surface area contributed by atoms with Crippen LogP contribution in [-0.2, 0) is 7.05 Å². The molecular formula is C27H26F3N5O. The van der Waals surface area contributed by atoms with Gasteiger partial charge in [0.15, 0.2) is 0 Å². The molecular weight excluding hydrogens is 467 g/mol. The molecule has 0 atom stereocenters. The first-order valence-corrected chi connectivity index (χ1v) is 11.8. The largest absolute Gasteiger partial charge is 0.405 e. The Bertz CT molecular complexity index is 1590. The number of hydrogen-bond acceptors (Lipinski definition) is 4. The van der Waals surface area contributed by atoms with Crippen LogP contribution in [0.2, 0.25) is 0 Å². The zero-order valence-electron chi connectivity index (χ0n) is 20.2. The van der Waals surface area contributed by atoms with Gasteiger partial charge in [-0.05, 0) is 68.5 Å². The number of aromatic nitrogens is 4. The van der Waals surface area contributed by atoms with Crippen molar-refractivity contribution in [3.8, 4) is 5.69 Å². The second-order valence-corrected chi connectivity index (χ2v) is 9.36. The predicted molar refractivity (Wildman–Crippen MR) is 136 cm³/mol. The van der Waals surface area contributed by atoms with E-state index in [0.717, 1.165) is 10.9 Å². The third-order valence-electron chi connectivity index (χ3n) is 6.43. The molecule has 0 radical (unpaired) electrons. The van der Waals surface area contributed by atoms with E-state index in [1.807, 2.05) is 50.5 Å². The zero-order valence-corrected chi connectivity index (χ0v) is 20.2. The van der Waals surface area contributed by atoms with Gasteiger partial charge in [0.1, 0.15) is 12.4 Å². The topological polar surface area (TPSA) is 64.7 Å². The standard InChI is InChI=1S/C27H26F3N5O/c1-16(18-6-7-18)4-5-17(2)24-25-19(8-11-23(32-25)31-15-27(28,29)30)14-35(26(24)36)21-9-10-22-20(12-21)13-34(3)33-22/h4-5,8-14,18H,6-7,15H2,1-3H3,(H,31,32)/b16-4+,17-5+. The van der Waals surface area contributed by atoms with Crippen molar-refractivity contribution < 1.29 is 13.2 Å². The summed E-state index contributed by atoms with van der Waals surface area (Å²) < 4.78 is 41.6. The molecule has 1 aliphatic rings. The fourth-order valence-corrected chi connectivity index (χ4v) is 4.33. The number of pyridine rings is 2. The molecule has 9 heteroatoms. The minimum absolute atomic E-state index is 0.0625. The lowest BCUT2D eigenvalue weighted by Crippen LogP contribution is -2.23. The second-order valence-electron chi connectivity index (χ2n) is 9.36. The molecule has 3 heterocycles. The molecule has 0 spiro atoms. The summed E-state index contributed by atoms with van der Waals surface area (Å²) in [5.74, 6) is 0.647. The maximum Gasteiger partial charge on any atom is 0.405 e. The first-order valence-electron chi connectivity index (χ1n) is 11.8. The van der Waals surface area contributed by atoms with Crippen molar-refractivity contribution in [3.05, 3.63) is 76.4 Å². The Hall–Kier alpha value is -3.88. The van der Waals surface area contributed by atoms with E-state index < -0.39 is 12.7 Å². The minimum atomic E-state index is -4.38. The van der Waals surface area contributed by atoms with Crippen molar-refractivity contribution in [1.29, 1.82) is 0 Å². The molecule has 1 N–H and O–H groups in total. The third-order valence-corrected chi connectivity index (χ3v) is 6.43. The number of benzene rings is 1. The molecule has 0 saturated heterocycles. The zero-order chi connectivity index (χ0) is 25.6. The normalized spacial score (nSPS) is 15.2. The van der Waals surface area contributed by atoms with Gasteiger partial charge in [-0.2, -0.15) is 18.3 Å². The van der Waals surface area contributed by atoms with Crippen LogP contribution in [-0.4, -0.2) is 32.1 Å². The van der Waals surface area contributed by atoms with Crippen molar-refractivity contribution >= 4 is 33.2 Å². The van der Waals surface area contributed by atoms with Crippen molar-refractivity contribution in [2.45, 2.75) is 32.9 Å². The molecule has 3 aromatic heterocycles. The Kier molecular flexibility index (Phi) is 5.94. The van der Waals surface area contributed by atoms with Crippen molar-refractivity contribution in [2.24, 2.45) is 13.0 Å². The number of aryl methyl sites for hydroxylation is 1. The van der Waals surface area contributed by atoms with E-state index in [4.69, 9.17) is 0 Å². The average molecular weight is 494 g/mol. The number of alkyl halides is 3. The van der Waals surface area contributed by atoms with Gasteiger partial charge >= 0.3 is 6.18 Å². The Balaban J connectivity index is 1.68. The van der Waals surface area contributed by atoms with Gasteiger partial charge in [0.05, 0.1) is 16.6 Å². The summed E-state index contributed by atoms with van der Waals surface area (Å²) in [7, 11) is 1.83. The molecule has 36 heavy (non-hydrogen) atoms. The SMILES string of the molecule is C/C(=C\C=C(/C)C1CC1)c1c(=O)n(-c2ccc3nn(C)cc3c2)cc2ccc(NCC(F)(F)F)nc12. The van der Waals surface area contributed by atoms with Gasteiger partial charge in [-0.1, -0.05) is 17.7 Å². The Morgan fingerprint density at radius 3 is 2.61 bits per heavy atom.